The number of hydrogen-bond donors (Lipinski definition) is 5. The number of rotatable bonds is 4. The molecule has 2 aliphatic heterocycles. The van der Waals surface area contributed by atoms with Gasteiger partial charge in [-0.3, -0.25) is 4.57 Å². The maximum atomic E-state index is 11.6. The minimum absolute atomic E-state index is 0.122. The van der Waals surface area contributed by atoms with E-state index in [1.165, 1.54) is 17.2 Å². The molecule has 5 atom stereocenters. The Hall–Kier alpha value is -3.29. The Kier molecular flexibility index (Phi) is 3.56. The SMILES string of the molecule is Nc1ncnc2c1ncn2C1OC2=C[C@](C(=O)O)(C(O)C(=O)O)OC2C1O. The molecule has 13 nitrogen and oxygen atoms in total. The first-order valence-electron chi connectivity index (χ1n) is 7.59. The first-order valence-corrected chi connectivity index (χ1v) is 7.59. The summed E-state index contributed by atoms with van der Waals surface area (Å²) in [5.74, 6) is -3.54. The number of nitrogens with zero attached hydrogens (tertiary/aromatic N) is 4. The number of nitrogen functional groups attached to an aromatic ring is 1. The summed E-state index contributed by atoms with van der Waals surface area (Å²) in [6, 6.07) is 0. The topological polar surface area (TPSA) is 203 Å². The van der Waals surface area contributed by atoms with Crippen LogP contribution in [-0.4, -0.2) is 75.8 Å². The number of carbonyl (C=O) groups is 2. The van der Waals surface area contributed by atoms with Crippen molar-refractivity contribution in [1.29, 1.82) is 0 Å². The number of aromatic nitrogens is 4. The molecule has 13 heteroatoms. The summed E-state index contributed by atoms with van der Waals surface area (Å²) in [5, 5.41) is 38.7. The first-order chi connectivity index (χ1) is 12.8. The molecule has 0 bridgehead atoms. The van der Waals surface area contributed by atoms with Gasteiger partial charge >= 0.3 is 11.9 Å². The van der Waals surface area contributed by atoms with Crippen LogP contribution in [0.15, 0.2) is 24.5 Å². The molecule has 2 aromatic rings. The van der Waals surface area contributed by atoms with Gasteiger partial charge in [0.25, 0.3) is 0 Å². The largest absolute Gasteiger partial charge is 0.479 e. The van der Waals surface area contributed by atoms with Gasteiger partial charge in [-0.2, -0.15) is 0 Å². The van der Waals surface area contributed by atoms with Gasteiger partial charge in [-0.1, -0.05) is 0 Å². The molecule has 4 rings (SSSR count). The summed E-state index contributed by atoms with van der Waals surface area (Å²) in [4.78, 5) is 34.5. The standard InChI is InChI=1S/C14H13N5O8/c15-9-5-10(17-2-16-9)19(3-18-5)11-6(20)7-4(26-11)1-14(27-7,13(24)25)8(21)12(22)23/h1-3,6-8,11,20-21H,(H,22,23)(H,24,25)(H2,15,16,17)/t6?,7?,8?,11?,14-/m1/s1. The summed E-state index contributed by atoms with van der Waals surface area (Å²) < 4.78 is 12.2. The lowest BCUT2D eigenvalue weighted by atomic mass is 9.97. The molecule has 0 amide bonds. The maximum absolute atomic E-state index is 11.6. The number of carboxylic acid groups (broad SMARTS) is 2. The van der Waals surface area contributed by atoms with Gasteiger partial charge in [0.2, 0.25) is 11.8 Å². The Morgan fingerprint density at radius 1 is 1.30 bits per heavy atom. The van der Waals surface area contributed by atoms with Crippen molar-refractivity contribution in [2.45, 2.75) is 30.1 Å². The fourth-order valence-corrected chi connectivity index (χ4v) is 3.13. The predicted molar refractivity (Wildman–Crippen MR) is 82.8 cm³/mol. The van der Waals surface area contributed by atoms with Crippen molar-refractivity contribution in [2.75, 3.05) is 5.73 Å². The van der Waals surface area contributed by atoms with Crippen LogP contribution in [-0.2, 0) is 19.1 Å². The van der Waals surface area contributed by atoms with E-state index in [0.717, 1.165) is 6.08 Å². The highest BCUT2D eigenvalue weighted by atomic mass is 16.6. The highest BCUT2D eigenvalue weighted by Crippen LogP contribution is 2.44. The monoisotopic (exact) mass is 379 g/mol. The smallest absolute Gasteiger partial charge is 0.343 e. The van der Waals surface area contributed by atoms with Crippen LogP contribution in [0.5, 0.6) is 0 Å². The van der Waals surface area contributed by atoms with Crippen molar-refractivity contribution in [3.63, 3.8) is 0 Å². The van der Waals surface area contributed by atoms with Crippen molar-refractivity contribution in [2.24, 2.45) is 0 Å². The summed E-state index contributed by atoms with van der Waals surface area (Å²) in [6.45, 7) is 0. The van der Waals surface area contributed by atoms with Gasteiger partial charge in [0.15, 0.2) is 17.6 Å². The number of imidazole rings is 1. The minimum Gasteiger partial charge on any atom is -0.479 e. The average molecular weight is 379 g/mol. The van der Waals surface area contributed by atoms with Crippen molar-refractivity contribution in [1.82, 2.24) is 19.5 Å². The molecule has 0 aromatic carbocycles. The number of aliphatic hydroxyl groups is 2. The predicted octanol–water partition coefficient (Wildman–Crippen LogP) is -2.15. The Morgan fingerprint density at radius 3 is 2.67 bits per heavy atom. The van der Waals surface area contributed by atoms with E-state index >= 15 is 0 Å². The zero-order valence-electron chi connectivity index (χ0n) is 13.3. The highest BCUT2D eigenvalue weighted by molar-refractivity contribution is 5.90. The van der Waals surface area contributed by atoms with E-state index in [4.69, 9.17) is 20.3 Å². The van der Waals surface area contributed by atoms with Crippen LogP contribution in [0.3, 0.4) is 0 Å². The molecule has 1 fully saturated rings. The average Bonchev–Trinajstić information content (AvgIpc) is 3.28. The van der Waals surface area contributed by atoms with Crippen LogP contribution in [0.2, 0.25) is 0 Å². The van der Waals surface area contributed by atoms with E-state index in [2.05, 4.69) is 15.0 Å². The molecule has 0 saturated carbocycles. The van der Waals surface area contributed by atoms with Crippen molar-refractivity contribution >= 4 is 28.9 Å². The van der Waals surface area contributed by atoms with E-state index < -0.39 is 42.1 Å². The van der Waals surface area contributed by atoms with Crippen LogP contribution in [0.1, 0.15) is 6.23 Å². The van der Waals surface area contributed by atoms with Crippen molar-refractivity contribution in [3.05, 3.63) is 24.5 Å². The molecule has 1 saturated heterocycles. The Labute approximate surface area is 149 Å². The van der Waals surface area contributed by atoms with E-state index in [1.807, 2.05) is 0 Å². The van der Waals surface area contributed by atoms with E-state index in [-0.39, 0.29) is 22.7 Å². The third kappa shape index (κ3) is 2.26. The number of aliphatic hydroxyl groups excluding tert-OH is 2. The molecule has 0 radical (unpaired) electrons. The van der Waals surface area contributed by atoms with Gasteiger partial charge in [0.05, 0.1) is 0 Å². The molecule has 0 aliphatic carbocycles. The van der Waals surface area contributed by atoms with Crippen molar-refractivity contribution < 1.29 is 39.5 Å². The molecule has 27 heavy (non-hydrogen) atoms. The first kappa shape index (κ1) is 17.1. The van der Waals surface area contributed by atoms with Crippen molar-refractivity contribution in [3.8, 4) is 0 Å². The second-order valence-corrected chi connectivity index (χ2v) is 6.01. The summed E-state index contributed by atoms with van der Waals surface area (Å²) in [5.41, 5.74) is 3.67. The maximum Gasteiger partial charge on any atom is 0.343 e. The highest BCUT2D eigenvalue weighted by Gasteiger charge is 2.60. The van der Waals surface area contributed by atoms with Gasteiger partial charge in [0, 0.05) is 6.08 Å². The number of nitrogens with two attached hydrogens (primary N) is 1. The van der Waals surface area contributed by atoms with E-state index in [9.17, 15) is 24.9 Å². The molecular formula is C14H13N5O8. The minimum atomic E-state index is -2.58. The Bertz CT molecular complexity index is 989. The molecular weight excluding hydrogens is 366 g/mol. The number of fused-ring (bicyclic) bond motifs is 2. The molecule has 2 aliphatic rings. The third-order valence-corrected chi connectivity index (χ3v) is 4.45. The van der Waals surface area contributed by atoms with Gasteiger partial charge in [-0.05, 0) is 0 Å². The van der Waals surface area contributed by atoms with Crippen LogP contribution in [0, 0.1) is 0 Å². The lowest BCUT2D eigenvalue weighted by molar-refractivity contribution is -0.190. The van der Waals surface area contributed by atoms with E-state index in [0.29, 0.717) is 0 Å². The quantitative estimate of drug-likeness (QED) is 0.386. The Morgan fingerprint density at radius 2 is 2.04 bits per heavy atom. The number of anilines is 1. The van der Waals surface area contributed by atoms with Gasteiger partial charge in [-0.15, -0.1) is 0 Å². The summed E-state index contributed by atoms with van der Waals surface area (Å²) in [6.07, 6.45) is -2.89. The van der Waals surface area contributed by atoms with Crippen LogP contribution in [0.25, 0.3) is 11.2 Å². The lowest BCUT2D eigenvalue weighted by Crippen LogP contribution is -2.54. The number of aliphatic carboxylic acids is 2. The lowest BCUT2D eigenvalue weighted by Gasteiger charge is -2.28. The van der Waals surface area contributed by atoms with Crippen LogP contribution in [0.4, 0.5) is 5.82 Å². The number of ether oxygens (including phenoxy) is 2. The second kappa shape index (κ2) is 5.60. The van der Waals surface area contributed by atoms with Gasteiger partial charge in [0.1, 0.15) is 36.1 Å². The second-order valence-electron chi connectivity index (χ2n) is 6.01. The summed E-state index contributed by atoms with van der Waals surface area (Å²) in [7, 11) is 0. The molecule has 4 heterocycles. The zero-order chi connectivity index (χ0) is 19.5. The third-order valence-electron chi connectivity index (χ3n) is 4.45. The number of carboxylic acids is 2. The molecule has 4 unspecified atom stereocenters. The Balaban J connectivity index is 1.72. The van der Waals surface area contributed by atoms with Crippen LogP contribution >= 0.6 is 0 Å². The van der Waals surface area contributed by atoms with Gasteiger partial charge in [-0.25, -0.2) is 24.5 Å². The fourth-order valence-electron chi connectivity index (χ4n) is 3.13. The summed E-state index contributed by atoms with van der Waals surface area (Å²) >= 11 is 0. The molecule has 2 aromatic heterocycles. The molecule has 142 valence electrons. The number of hydrogen-bond acceptors (Lipinski definition) is 10. The normalized spacial score (nSPS) is 30.6. The fraction of sp³-hybridized carbons (Fsp3) is 0.357. The zero-order valence-corrected chi connectivity index (χ0v) is 13.3. The van der Waals surface area contributed by atoms with E-state index in [1.54, 1.807) is 0 Å². The van der Waals surface area contributed by atoms with Gasteiger partial charge < -0.3 is 35.6 Å². The molecule has 6 N–H and O–H groups in total. The van der Waals surface area contributed by atoms with Crippen LogP contribution < -0.4 is 5.73 Å². The molecule has 0 spiro atoms.